The van der Waals surface area contributed by atoms with Gasteiger partial charge in [0.05, 0.1) is 0 Å². The summed E-state index contributed by atoms with van der Waals surface area (Å²) in [6, 6.07) is 15.6. The van der Waals surface area contributed by atoms with Crippen molar-refractivity contribution in [2.75, 3.05) is 31.1 Å². The van der Waals surface area contributed by atoms with Gasteiger partial charge in [-0.1, -0.05) is 41.4 Å². The number of carbonyl (C=O) groups excluding carboxylic acids is 1. The van der Waals surface area contributed by atoms with E-state index in [2.05, 4.69) is 11.0 Å². The van der Waals surface area contributed by atoms with Crippen molar-refractivity contribution in [2.45, 2.75) is 12.8 Å². The van der Waals surface area contributed by atoms with E-state index < -0.39 is 0 Å². The summed E-state index contributed by atoms with van der Waals surface area (Å²) in [5, 5.41) is 1.46. The molecule has 24 heavy (non-hydrogen) atoms. The molecular weight excluding hydrogens is 343 g/mol. The van der Waals surface area contributed by atoms with E-state index in [4.69, 9.17) is 23.2 Å². The second kappa shape index (κ2) is 7.91. The molecule has 0 N–H and O–H groups in total. The number of halogens is 2. The van der Waals surface area contributed by atoms with Crippen molar-refractivity contribution in [1.29, 1.82) is 0 Å². The van der Waals surface area contributed by atoms with Crippen LogP contribution in [0.15, 0.2) is 48.5 Å². The first-order valence-corrected chi connectivity index (χ1v) is 8.90. The molecule has 0 bridgehead atoms. The van der Waals surface area contributed by atoms with Gasteiger partial charge in [-0.25, -0.2) is 0 Å². The van der Waals surface area contributed by atoms with Gasteiger partial charge in [-0.2, -0.15) is 0 Å². The maximum absolute atomic E-state index is 12.4. The van der Waals surface area contributed by atoms with Crippen LogP contribution in [-0.4, -0.2) is 37.0 Å². The summed E-state index contributed by atoms with van der Waals surface area (Å²) in [6.07, 6.45) is 1.26. The van der Waals surface area contributed by atoms with E-state index in [0.717, 1.165) is 53.9 Å². The molecule has 5 heteroatoms. The van der Waals surface area contributed by atoms with Crippen LogP contribution in [-0.2, 0) is 11.2 Å². The Morgan fingerprint density at radius 1 is 0.917 bits per heavy atom. The fourth-order valence-electron chi connectivity index (χ4n) is 2.99. The molecule has 3 rings (SSSR count). The molecule has 0 radical (unpaired) electrons. The van der Waals surface area contributed by atoms with Crippen molar-refractivity contribution in [2.24, 2.45) is 0 Å². The van der Waals surface area contributed by atoms with Crippen LogP contribution >= 0.6 is 23.2 Å². The summed E-state index contributed by atoms with van der Waals surface area (Å²) in [4.78, 5) is 16.6. The number of rotatable bonds is 4. The Balaban J connectivity index is 1.50. The zero-order chi connectivity index (χ0) is 16.9. The highest BCUT2D eigenvalue weighted by Gasteiger charge is 2.21. The molecule has 1 aliphatic rings. The summed E-state index contributed by atoms with van der Waals surface area (Å²) in [6.45, 7) is 3.17. The smallest absolute Gasteiger partial charge is 0.223 e. The second-order valence-electron chi connectivity index (χ2n) is 5.98. The van der Waals surface area contributed by atoms with E-state index in [0.29, 0.717) is 6.42 Å². The zero-order valence-electron chi connectivity index (χ0n) is 13.4. The molecule has 1 heterocycles. The lowest BCUT2D eigenvalue weighted by molar-refractivity contribution is -0.131. The van der Waals surface area contributed by atoms with Crippen molar-refractivity contribution in [3.8, 4) is 0 Å². The number of anilines is 1. The van der Waals surface area contributed by atoms with Crippen molar-refractivity contribution >= 4 is 34.8 Å². The molecule has 1 fully saturated rings. The number of aryl methyl sites for hydroxylation is 1. The second-order valence-corrected chi connectivity index (χ2v) is 6.85. The molecule has 3 nitrogen and oxygen atoms in total. The molecule has 1 saturated heterocycles. The van der Waals surface area contributed by atoms with E-state index >= 15 is 0 Å². The number of hydrogen-bond acceptors (Lipinski definition) is 2. The molecule has 2 aromatic rings. The monoisotopic (exact) mass is 362 g/mol. The standard InChI is InChI=1S/C19H20Cl2N2O/c20-16-4-1-3-15(13-16)7-8-19(24)23-11-9-22(10-12-23)18-6-2-5-17(21)14-18/h1-6,13-14H,7-12H2. The number of carbonyl (C=O) groups is 1. The molecule has 2 aromatic carbocycles. The van der Waals surface area contributed by atoms with Gasteiger partial charge in [0.25, 0.3) is 0 Å². The third-order valence-electron chi connectivity index (χ3n) is 4.32. The zero-order valence-corrected chi connectivity index (χ0v) is 14.9. The van der Waals surface area contributed by atoms with Crippen molar-refractivity contribution in [3.63, 3.8) is 0 Å². The highest BCUT2D eigenvalue weighted by atomic mass is 35.5. The largest absolute Gasteiger partial charge is 0.368 e. The topological polar surface area (TPSA) is 23.6 Å². The first-order valence-electron chi connectivity index (χ1n) is 8.14. The van der Waals surface area contributed by atoms with Gasteiger partial charge in [-0.15, -0.1) is 0 Å². The molecule has 0 aromatic heterocycles. The fourth-order valence-corrected chi connectivity index (χ4v) is 3.39. The van der Waals surface area contributed by atoms with Crippen LogP contribution in [0.1, 0.15) is 12.0 Å². The predicted molar refractivity (Wildman–Crippen MR) is 100 cm³/mol. The molecule has 0 aliphatic carbocycles. The predicted octanol–water partition coefficient (Wildman–Crippen LogP) is 4.27. The van der Waals surface area contributed by atoms with Gasteiger partial charge >= 0.3 is 0 Å². The van der Waals surface area contributed by atoms with Crippen LogP contribution in [0.25, 0.3) is 0 Å². The number of amides is 1. The minimum Gasteiger partial charge on any atom is -0.368 e. The molecule has 1 amide bonds. The SMILES string of the molecule is O=C(CCc1cccc(Cl)c1)N1CCN(c2cccc(Cl)c2)CC1. The molecule has 126 valence electrons. The van der Waals surface area contributed by atoms with Gasteiger partial charge in [-0.05, 0) is 42.3 Å². The lowest BCUT2D eigenvalue weighted by Gasteiger charge is -2.36. The van der Waals surface area contributed by atoms with E-state index in [1.165, 1.54) is 0 Å². The lowest BCUT2D eigenvalue weighted by Crippen LogP contribution is -2.48. The third-order valence-corrected chi connectivity index (χ3v) is 4.79. The summed E-state index contributed by atoms with van der Waals surface area (Å²) >= 11 is 12.0. The van der Waals surface area contributed by atoms with Crippen LogP contribution < -0.4 is 4.90 Å². The first kappa shape index (κ1) is 17.1. The fraction of sp³-hybridized carbons (Fsp3) is 0.316. The summed E-state index contributed by atoms with van der Waals surface area (Å²) in [5.74, 6) is 0.209. The van der Waals surface area contributed by atoms with Crippen molar-refractivity contribution < 1.29 is 4.79 Å². The third kappa shape index (κ3) is 4.43. The number of nitrogens with zero attached hydrogens (tertiary/aromatic N) is 2. The van der Waals surface area contributed by atoms with Crippen LogP contribution in [0.3, 0.4) is 0 Å². The summed E-state index contributed by atoms with van der Waals surface area (Å²) < 4.78 is 0. The van der Waals surface area contributed by atoms with Gasteiger partial charge in [-0.3, -0.25) is 4.79 Å². The van der Waals surface area contributed by atoms with Gasteiger partial charge < -0.3 is 9.80 Å². The maximum Gasteiger partial charge on any atom is 0.223 e. The average Bonchev–Trinajstić information content (AvgIpc) is 2.60. The quantitative estimate of drug-likeness (QED) is 0.810. The van der Waals surface area contributed by atoms with Crippen molar-refractivity contribution in [3.05, 3.63) is 64.1 Å². The summed E-state index contributed by atoms with van der Waals surface area (Å²) in [5.41, 5.74) is 2.22. The Bertz CT molecular complexity index is 712. The van der Waals surface area contributed by atoms with Crippen molar-refractivity contribution in [1.82, 2.24) is 4.90 Å². The Hall–Kier alpha value is -1.71. The van der Waals surface area contributed by atoms with Crippen LogP contribution in [0, 0.1) is 0 Å². The van der Waals surface area contributed by atoms with E-state index in [9.17, 15) is 4.79 Å². The van der Waals surface area contributed by atoms with Gasteiger partial charge in [0.2, 0.25) is 5.91 Å². The number of piperazine rings is 1. The molecule has 0 atom stereocenters. The number of hydrogen-bond donors (Lipinski definition) is 0. The van der Waals surface area contributed by atoms with Gasteiger partial charge in [0.15, 0.2) is 0 Å². The van der Waals surface area contributed by atoms with Gasteiger partial charge in [0, 0.05) is 48.3 Å². The Labute approximate surface area is 152 Å². The van der Waals surface area contributed by atoms with Crippen LogP contribution in [0.2, 0.25) is 10.0 Å². The van der Waals surface area contributed by atoms with Crippen LogP contribution in [0.5, 0.6) is 0 Å². The lowest BCUT2D eigenvalue weighted by atomic mass is 10.1. The van der Waals surface area contributed by atoms with E-state index in [1.807, 2.05) is 47.4 Å². The molecule has 0 spiro atoms. The molecule has 0 unspecified atom stereocenters. The Morgan fingerprint density at radius 2 is 1.58 bits per heavy atom. The molecule has 0 saturated carbocycles. The maximum atomic E-state index is 12.4. The highest BCUT2D eigenvalue weighted by Crippen LogP contribution is 2.21. The van der Waals surface area contributed by atoms with Crippen LogP contribution in [0.4, 0.5) is 5.69 Å². The molecular formula is C19H20Cl2N2O. The average molecular weight is 363 g/mol. The normalized spacial score (nSPS) is 14.8. The highest BCUT2D eigenvalue weighted by molar-refractivity contribution is 6.31. The van der Waals surface area contributed by atoms with Gasteiger partial charge in [0.1, 0.15) is 0 Å². The first-order chi connectivity index (χ1) is 11.6. The van der Waals surface area contributed by atoms with E-state index in [1.54, 1.807) is 0 Å². The Kier molecular flexibility index (Phi) is 5.64. The molecule has 1 aliphatic heterocycles. The Morgan fingerprint density at radius 3 is 2.25 bits per heavy atom. The number of benzene rings is 2. The summed E-state index contributed by atoms with van der Waals surface area (Å²) in [7, 11) is 0. The van der Waals surface area contributed by atoms with E-state index in [-0.39, 0.29) is 5.91 Å². The minimum atomic E-state index is 0.209. The minimum absolute atomic E-state index is 0.209.